The normalized spacial score (nSPS) is 10.5. The highest BCUT2D eigenvalue weighted by atomic mass is 35.5. The van der Waals surface area contributed by atoms with Crippen LogP contribution in [-0.2, 0) is 4.74 Å². The van der Waals surface area contributed by atoms with Gasteiger partial charge in [0.1, 0.15) is 0 Å². The summed E-state index contributed by atoms with van der Waals surface area (Å²) in [6, 6.07) is 5.58. The van der Waals surface area contributed by atoms with Crippen LogP contribution in [0.15, 0.2) is 23.6 Å². The van der Waals surface area contributed by atoms with Crippen LogP contribution in [0.4, 0.5) is 5.00 Å². The number of rotatable bonds is 3. The number of esters is 1. The fourth-order valence-electron chi connectivity index (χ4n) is 1.83. The number of carbonyl (C=O) groups excluding carboxylic acids is 1. The molecule has 0 unspecified atom stereocenters. The molecule has 2 N–H and O–H groups in total. The van der Waals surface area contributed by atoms with E-state index in [4.69, 9.17) is 22.1 Å². The van der Waals surface area contributed by atoms with E-state index >= 15 is 0 Å². The molecule has 0 aliphatic rings. The third kappa shape index (κ3) is 2.74. The number of ether oxygens (including phenoxy) is 1. The highest BCUT2D eigenvalue weighted by Gasteiger charge is 2.19. The summed E-state index contributed by atoms with van der Waals surface area (Å²) in [5.74, 6) is -0.349. The molecule has 1 heterocycles. The van der Waals surface area contributed by atoms with Crippen molar-refractivity contribution in [3.8, 4) is 11.1 Å². The summed E-state index contributed by atoms with van der Waals surface area (Å²) in [5.41, 5.74) is 9.03. The van der Waals surface area contributed by atoms with Crippen molar-refractivity contribution in [2.24, 2.45) is 0 Å². The number of thiophene rings is 1. The molecular formula is C14H14ClNO2S. The summed E-state index contributed by atoms with van der Waals surface area (Å²) in [6.45, 7) is 4.03. The monoisotopic (exact) mass is 295 g/mol. The van der Waals surface area contributed by atoms with Crippen LogP contribution < -0.4 is 5.73 Å². The molecule has 19 heavy (non-hydrogen) atoms. The summed E-state index contributed by atoms with van der Waals surface area (Å²) in [7, 11) is 0. The van der Waals surface area contributed by atoms with Crippen molar-refractivity contribution in [3.05, 3.63) is 39.7 Å². The molecule has 100 valence electrons. The Labute approximate surface area is 121 Å². The maximum absolute atomic E-state index is 11.9. The quantitative estimate of drug-likeness (QED) is 0.866. The first-order valence-electron chi connectivity index (χ1n) is 5.85. The average Bonchev–Trinajstić information content (AvgIpc) is 2.75. The van der Waals surface area contributed by atoms with Crippen molar-refractivity contribution in [1.29, 1.82) is 0 Å². The van der Waals surface area contributed by atoms with Crippen molar-refractivity contribution in [2.45, 2.75) is 13.8 Å². The van der Waals surface area contributed by atoms with E-state index in [1.807, 2.05) is 19.1 Å². The molecule has 0 amide bonds. The van der Waals surface area contributed by atoms with Crippen molar-refractivity contribution in [2.75, 3.05) is 12.3 Å². The van der Waals surface area contributed by atoms with E-state index in [1.54, 1.807) is 18.4 Å². The standard InChI is InChI=1S/C14H14ClNO2S/c1-3-18-14(17)10-7-19-13(16)12(10)9-4-5-11(15)8(2)6-9/h4-7H,3,16H2,1-2H3. The van der Waals surface area contributed by atoms with Crippen LogP contribution in [-0.4, -0.2) is 12.6 Å². The summed E-state index contributed by atoms with van der Waals surface area (Å²) < 4.78 is 5.04. The minimum Gasteiger partial charge on any atom is -0.462 e. The zero-order valence-corrected chi connectivity index (χ0v) is 12.3. The summed E-state index contributed by atoms with van der Waals surface area (Å²) in [5, 5.41) is 3.02. The molecule has 0 saturated carbocycles. The first-order valence-corrected chi connectivity index (χ1v) is 7.11. The van der Waals surface area contributed by atoms with Gasteiger partial charge in [0, 0.05) is 16.0 Å². The molecule has 1 aromatic carbocycles. The minimum absolute atomic E-state index is 0.341. The molecule has 0 fully saturated rings. The van der Waals surface area contributed by atoms with Gasteiger partial charge in [-0.3, -0.25) is 0 Å². The van der Waals surface area contributed by atoms with Gasteiger partial charge >= 0.3 is 5.97 Å². The second-order valence-corrected chi connectivity index (χ2v) is 5.39. The summed E-state index contributed by atoms with van der Waals surface area (Å²) in [4.78, 5) is 11.9. The number of nitrogens with two attached hydrogens (primary N) is 1. The van der Waals surface area contributed by atoms with Gasteiger partial charge in [-0.2, -0.15) is 0 Å². The fraction of sp³-hybridized carbons (Fsp3) is 0.214. The lowest BCUT2D eigenvalue weighted by molar-refractivity contribution is 0.0528. The number of benzene rings is 1. The number of aryl methyl sites for hydroxylation is 1. The number of nitrogen functional groups attached to an aromatic ring is 1. The highest BCUT2D eigenvalue weighted by molar-refractivity contribution is 7.15. The number of hydrogen-bond donors (Lipinski definition) is 1. The predicted octanol–water partition coefficient (Wildman–Crippen LogP) is 4.14. The Morgan fingerprint density at radius 3 is 2.84 bits per heavy atom. The molecule has 2 aromatic rings. The molecule has 2 rings (SSSR count). The fourth-order valence-corrected chi connectivity index (χ4v) is 2.75. The summed E-state index contributed by atoms with van der Waals surface area (Å²) >= 11 is 7.35. The number of halogens is 1. The maximum Gasteiger partial charge on any atom is 0.339 e. The molecule has 5 heteroatoms. The molecular weight excluding hydrogens is 282 g/mol. The Morgan fingerprint density at radius 2 is 2.21 bits per heavy atom. The van der Waals surface area contributed by atoms with Gasteiger partial charge in [-0.25, -0.2) is 4.79 Å². The number of carbonyl (C=O) groups is 1. The molecule has 0 bridgehead atoms. The van der Waals surface area contributed by atoms with Gasteiger partial charge in [-0.15, -0.1) is 11.3 Å². The molecule has 3 nitrogen and oxygen atoms in total. The second kappa shape index (κ2) is 5.63. The van der Waals surface area contributed by atoms with E-state index in [0.717, 1.165) is 16.7 Å². The van der Waals surface area contributed by atoms with Crippen LogP contribution in [0.5, 0.6) is 0 Å². The van der Waals surface area contributed by atoms with E-state index in [9.17, 15) is 4.79 Å². The van der Waals surface area contributed by atoms with Crippen molar-refractivity contribution in [1.82, 2.24) is 0 Å². The van der Waals surface area contributed by atoms with E-state index in [1.165, 1.54) is 11.3 Å². The van der Waals surface area contributed by atoms with Crippen LogP contribution in [0.25, 0.3) is 11.1 Å². The minimum atomic E-state index is -0.349. The van der Waals surface area contributed by atoms with Crippen LogP contribution in [0, 0.1) is 6.92 Å². The lowest BCUT2D eigenvalue weighted by Gasteiger charge is -2.07. The van der Waals surface area contributed by atoms with E-state index in [2.05, 4.69) is 0 Å². The SMILES string of the molecule is CCOC(=O)c1csc(N)c1-c1ccc(Cl)c(C)c1. The van der Waals surface area contributed by atoms with Crippen molar-refractivity contribution < 1.29 is 9.53 Å². The number of hydrogen-bond acceptors (Lipinski definition) is 4. The van der Waals surface area contributed by atoms with E-state index in [-0.39, 0.29) is 5.97 Å². The van der Waals surface area contributed by atoms with Crippen molar-refractivity contribution >= 4 is 33.9 Å². The zero-order chi connectivity index (χ0) is 14.0. The molecule has 0 aliphatic heterocycles. The smallest absolute Gasteiger partial charge is 0.339 e. The maximum atomic E-state index is 11.9. The first-order chi connectivity index (χ1) is 9.04. The summed E-state index contributed by atoms with van der Waals surface area (Å²) in [6.07, 6.45) is 0. The van der Waals surface area contributed by atoms with Crippen LogP contribution >= 0.6 is 22.9 Å². The largest absolute Gasteiger partial charge is 0.462 e. The Hall–Kier alpha value is -1.52. The lowest BCUT2D eigenvalue weighted by atomic mass is 10.0. The second-order valence-electron chi connectivity index (χ2n) is 4.07. The molecule has 1 aromatic heterocycles. The molecule has 0 radical (unpaired) electrons. The third-order valence-electron chi connectivity index (χ3n) is 2.76. The highest BCUT2D eigenvalue weighted by Crippen LogP contribution is 2.36. The van der Waals surface area contributed by atoms with Crippen LogP contribution in [0.3, 0.4) is 0 Å². The van der Waals surface area contributed by atoms with Gasteiger partial charge in [0.05, 0.1) is 17.2 Å². The van der Waals surface area contributed by atoms with Crippen LogP contribution in [0.1, 0.15) is 22.8 Å². The van der Waals surface area contributed by atoms with Crippen molar-refractivity contribution in [3.63, 3.8) is 0 Å². The van der Waals surface area contributed by atoms with E-state index in [0.29, 0.717) is 22.2 Å². The molecule has 0 atom stereocenters. The molecule has 0 saturated heterocycles. The van der Waals surface area contributed by atoms with Crippen LogP contribution in [0.2, 0.25) is 5.02 Å². The zero-order valence-electron chi connectivity index (χ0n) is 10.7. The van der Waals surface area contributed by atoms with Gasteiger partial charge in [-0.05, 0) is 37.1 Å². The van der Waals surface area contributed by atoms with Gasteiger partial charge in [0.15, 0.2) is 0 Å². The number of anilines is 1. The van der Waals surface area contributed by atoms with E-state index < -0.39 is 0 Å². The Kier molecular flexibility index (Phi) is 4.12. The average molecular weight is 296 g/mol. The molecule has 0 spiro atoms. The topological polar surface area (TPSA) is 52.3 Å². The van der Waals surface area contributed by atoms with Gasteiger partial charge in [0.25, 0.3) is 0 Å². The predicted molar refractivity (Wildman–Crippen MR) is 79.9 cm³/mol. The Morgan fingerprint density at radius 1 is 1.47 bits per heavy atom. The third-order valence-corrected chi connectivity index (χ3v) is 4.00. The molecule has 0 aliphatic carbocycles. The van der Waals surface area contributed by atoms with Gasteiger partial charge < -0.3 is 10.5 Å². The van der Waals surface area contributed by atoms with Gasteiger partial charge in [0.2, 0.25) is 0 Å². The Balaban J connectivity index is 2.52. The first kappa shape index (κ1) is 13.9. The lowest BCUT2D eigenvalue weighted by Crippen LogP contribution is -2.05. The Bertz CT molecular complexity index is 622. The van der Waals surface area contributed by atoms with Gasteiger partial charge in [-0.1, -0.05) is 17.7 Å².